The molecule has 0 spiro atoms. The maximum Gasteiger partial charge on any atom is 0.258 e. The predicted molar refractivity (Wildman–Crippen MR) is 121 cm³/mol. The first-order chi connectivity index (χ1) is 15.5. The van der Waals surface area contributed by atoms with Crippen molar-refractivity contribution in [2.75, 3.05) is 6.61 Å². The number of benzene rings is 1. The van der Waals surface area contributed by atoms with Crippen LogP contribution in [0.4, 0.5) is 4.39 Å². The molecule has 1 amide bonds. The Kier molecular flexibility index (Phi) is 7.72. The molecule has 2 saturated carbocycles. The minimum absolute atomic E-state index is 0.102. The van der Waals surface area contributed by atoms with Crippen LogP contribution < -0.4 is 10.1 Å². The zero-order valence-corrected chi connectivity index (χ0v) is 19.1. The SMILES string of the molecule is CCCCC[C@H](O)CC[C@@H]1C2Cc3cccc(OCC(=O)NC4C[C@@H]4F)c3C[C@H]2C[C@H]1O. The quantitative estimate of drug-likeness (QED) is 0.452. The molecule has 1 aromatic carbocycles. The number of fused-ring (bicyclic) bond motifs is 2. The molecule has 3 aliphatic carbocycles. The summed E-state index contributed by atoms with van der Waals surface area (Å²) in [5.74, 6) is 1.51. The summed E-state index contributed by atoms with van der Waals surface area (Å²) < 4.78 is 18.8. The molecule has 3 aliphatic rings. The number of hydrogen-bond donors (Lipinski definition) is 3. The van der Waals surface area contributed by atoms with Crippen molar-refractivity contribution in [3.63, 3.8) is 0 Å². The summed E-state index contributed by atoms with van der Waals surface area (Å²) in [6, 6.07) is 5.64. The van der Waals surface area contributed by atoms with Gasteiger partial charge in [-0.05, 0) is 73.5 Å². The Hall–Kier alpha value is -1.66. The monoisotopic (exact) mass is 447 g/mol. The van der Waals surface area contributed by atoms with Crippen molar-refractivity contribution >= 4 is 5.91 Å². The number of carbonyl (C=O) groups is 1. The van der Waals surface area contributed by atoms with Gasteiger partial charge in [-0.3, -0.25) is 4.79 Å². The molecule has 5 nitrogen and oxygen atoms in total. The van der Waals surface area contributed by atoms with Crippen LogP contribution in [0.15, 0.2) is 18.2 Å². The van der Waals surface area contributed by atoms with Crippen molar-refractivity contribution in [1.29, 1.82) is 0 Å². The molecule has 0 radical (unpaired) electrons. The van der Waals surface area contributed by atoms with Gasteiger partial charge < -0.3 is 20.3 Å². The van der Waals surface area contributed by atoms with Gasteiger partial charge in [-0.2, -0.15) is 0 Å². The predicted octanol–water partition coefficient (Wildman–Crippen LogP) is 3.73. The summed E-state index contributed by atoms with van der Waals surface area (Å²) in [4.78, 5) is 12.0. The highest BCUT2D eigenvalue weighted by Gasteiger charge is 2.45. The van der Waals surface area contributed by atoms with Crippen molar-refractivity contribution in [2.24, 2.45) is 17.8 Å². The molecule has 4 rings (SSSR count). The standard InChI is InChI=1S/C26H38FNO4/c1-2-3-4-7-18(29)9-10-19-20-11-16-6-5-8-25(21(16)12-17(20)13-24(19)30)32-15-26(31)28-23-14-22(23)27/h5-6,8,17-20,22-24,29-30H,2-4,7,9-15H2,1H3,(H,28,31)/t17-,18-,19+,20?,22-,23?,24+/m0/s1. The second-order valence-corrected chi connectivity index (χ2v) is 10.1. The highest BCUT2D eigenvalue weighted by molar-refractivity contribution is 5.78. The van der Waals surface area contributed by atoms with Gasteiger partial charge in [0.2, 0.25) is 0 Å². The van der Waals surface area contributed by atoms with Gasteiger partial charge in [0.1, 0.15) is 11.9 Å². The molecule has 6 heteroatoms. The number of hydrogen-bond acceptors (Lipinski definition) is 4. The van der Waals surface area contributed by atoms with Gasteiger partial charge >= 0.3 is 0 Å². The van der Waals surface area contributed by atoms with Crippen molar-refractivity contribution in [2.45, 2.75) is 95.6 Å². The lowest BCUT2D eigenvalue weighted by atomic mass is 9.73. The zero-order valence-electron chi connectivity index (χ0n) is 19.1. The van der Waals surface area contributed by atoms with Crippen LogP contribution in [-0.4, -0.2) is 47.1 Å². The van der Waals surface area contributed by atoms with Crippen LogP contribution in [0.2, 0.25) is 0 Å². The summed E-state index contributed by atoms with van der Waals surface area (Å²) in [6.45, 7) is 2.07. The summed E-state index contributed by atoms with van der Waals surface area (Å²) in [5, 5.41) is 23.8. The average molecular weight is 448 g/mol. The van der Waals surface area contributed by atoms with Crippen LogP contribution >= 0.6 is 0 Å². The van der Waals surface area contributed by atoms with Crippen LogP contribution in [-0.2, 0) is 17.6 Å². The van der Waals surface area contributed by atoms with Crippen molar-refractivity contribution in [3.05, 3.63) is 29.3 Å². The van der Waals surface area contributed by atoms with E-state index in [1.54, 1.807) is 0 Å². The maximum absolute atomic E-state index is 13.0. The van der Waals surface area contributed by atoms with Crippen LogP contribution in [0.3, 0.4) is 0 Å². The highest BCUT2D eigenvalue weighted by atomic mass is 19.1. The Balaban J connectivity index is 1.33. The largest absolute Gasteiger partial charge is 0.483 e. The Morgan fingerprint density at radius 1 is 1.25 bits per heavy atom. The normalized spacial score (nSPS) is 31.5. The second kappa shape index (κ2) is 10.5. The third-order valence-corrected chi connectivity index (χ3v) is 7.74. The van der Waals surface area contributed by atoms with E-state index in [-0.39, 0.29) is 36.7 Å². The van der Waals surface area contributed by atoms with Gasteiger partial charge in [0.15, 0.2) is 6.61 Å². The average Bonchev–Trinajstić information content (AvgIpc) is 3.36. The first-order valence-electron chi connectivity index (χ1n) is 12.5. The van der Waals surface area contributed by atoms with E-state index in [0.29, 0.717) is 18.3 Å². The molecule has 2 fully saturated rings. The molecule has 32 heavy (non-hydrogen) atoms. The van der Waals surface area contributed by atoms with Crippen LogP contribution in [0.1, 0.15) is 69.4 Å². The number of rotatable bonds is 11. The first-order valence-corrected chi connectivity index (χ1v) is 12.5. The molecule has 178 valence electrons. The molecular formula is C26H38FNO4. The van der Waals surface area contributed by atoms with Gasteiger partial charge in [-0.1, -0.05) is 38.3 Å². The van der Waals surface area contributed by atoms with E-state index in [9.17, 15) is 19.4 Å². The number of amides is 1. The zero-order chi connectivity index (χ0) is 22.7. The molecule has 1 aromatic rings. The molecule has 0 aliphatic heterocycles. The minimum atomic E-state index is -0.917. The molecule has 7 atom stereocenters. The summed E-state index contributed by atoms with van der Waals surface area (Å²) in [5.41, 5.74) is 2.38. The summed E-state index contributed by atoms with van der Waals surface area (Å²) >= 11 is 0. The fraction of sp³-hybridized carbons (Fsp3) is 0.731. The van der Waals surface area contributed by atoms with E-state index in [0.717, 1.165) is 69.1 Å². The maximum atomic E-state index is 13.0. The Morgan fingerprint density at radius 3 is 2.81 bits per heavy atom. The number of unbranched alkanes of at least 4 members (excludes halogenated alkanes) is 2. The number of carbonyl (C=O) groups excluding carboxylic acids is 1. The molecule has 2 unspecified atom stereocenters. The third-order valence-electron chi connectivity index (χ3n) is 7.74. The fourth-order valence-corrected chi connectivity index (χ4v) is 5.80. The molecule has 0 heterocycles. The lowest BCUT2D eigenvalue weighted by molar-refractivity contribution is -0.123. The van der Waals surface area contributed by atoms with Gasteiger partial charge in [0, 0.05) is 6.42 Å². The van der Waals surface area contributed by atoms with Gasteiger partial charge in [-0.25, -0.2) is 4.39 Å². The first kappa shape index (κ1) is 23.5. The van der Waals surface area contributed by atoms with E-state index in [1.807, 2.05) is 12.1 Å². The smallest absolute Gasteiger partial charge is 0.258 e. The van der Waals surface area contributed by atoms with Crippen molar-refractivity contribution in [3.8, 4) is 5.75 Å². The van der Waals surface area contributed by atoms with Crippen molar-refractivity contribution in [1.82, 2.24) is 5.32 Å². The number of alkyl halides is 1. The van der Waals surface area contributed by atoms with E-state index in [1.165, 1.54) is 5.56 Å². The number of aliphatic hydroxyl groups is 2. The van der Waals surface area contributed by atoms with E-state index < -0.39 is 6.17 Å². The number of nitrogens with one attached hydrogen (secondary N) is 1. The number of halogens is 1. The third kappa shape index (κ3) is 5.63. The minimum Gasteiger partial charge on any atom is -0.483 e. The van der Waals surface area contributed by atoms with E-state index in [2.05, 4.69) is 18.3 Å². The van der Waals surface area contributed by atoms with Crippen molar-refractivity contribution < 1.29 is 24.1 Å². The molecule has 0 saturated heterocycles. The number of aliphatic hydroxyl groups excluding tert-OH is 2. The molecule has 0 bridgehead atoms. The van der Waals surface area contributed by atoms with Gasteiger partial charge in [-0.15, -0.1) is 0 Å². The molecule has 0 aromatic heterocycles. The summed E-state index contributed by atoms with van der Waals surface area (Å²) in [6.07, 6.45) is 7.32. The van der Waals surface area contributed by atoms with Gasteiger partial charge in [0.05, 0.1) is 18.2 Å². The van der Waals surface area contributed by atoms with E-state index >= 15 is 0 Å². The van der Waals surface area contributed by atoms with E-state index in [4.69, 9.17) is 4.74 Å². The van der Waals surface area contributed by atoms with Crippen LogP contribution in [0, 0.1) is 17.8 Å². The molecular weight excluding hydrogens is 409 g/mol. The topological polar surface area (TPSA) is 78.8 Å². The molecule has 3 N–H and O–H groups in total. The summed E-state index contributed by atoms with van der Waals surface area (Å²) in [7, 11) is 0. The number of ether oxygens (including phenoxy) is 1. The Labute approximate surface area is 190 Å². The Bertz CT molecular complexity index is 787. The van der Waals surface area contributed by atoms with Crippen LogP contribution in [0.25, 0.3) is 0 Å². The Morgan fingerprint density at radius 2 is 2.06 bits per heavy atom. The lowest BCUT2D eigenvalue weighted by Gasteiger charge is -2.32. The van der Waals surface area contributed by atoms with Gasteiger partial charge in [0.25, 0.3) is 5.91 Å². The second-order valence-electron chi connectivity index (χ2n) is 10.1. The fourth-order valence-electron chi connectivity index (χ4n) is 5.80. The highest BCUT2D eigenvalue weighted by Crippen LogP contribution is 2.48. The van der Waals surface area contributed by atoms with Crippen LogP contribution in [0.5, 0.6) is 5.75 Å². The lowest BCUT2D eigenvalue weighted by Crippen LogP contribution is -2.32.